The van der Waals surface area contributed by atoms with Crippen molar-refractivity contribution in [1.29, 1.82) is 5.26 Å². The van der Waals surface area contributed by atoms with Crippen molar-refractivity contribution in [2.45, 2.75) is 57.0 Å². The van der Waals surface area contributed by atoms with Crippen molar-refractivity contribution >= 4 is 11.8 Å². The molecule has 0 atom stereocenters. The van der Waals surface area contributed by atoms with E-state index in [9.17, 15) is 23.5 Å². The van der Waals surface area contributed by atoms with E-state index in [0.29, 0.717) is 18.7 Å². The van der Waals surface area contributed by atoms with Crippen molar-refractivity contribution in [1.82, 2.24) is 15.0 Å². The highest BCUT2D eigenvalue weighted by atomic mass is 19.4. The number of anilines is 2. The molecular weight excluding hydrogens is 385 g/mol. The van der Waals surface area contributed by atoms with E-state index in [-0.39, 0.29) is 29.7 Å². The Morgan fingerprint density at radius 1 is 1.31 bits per heavy atom. The summed E-state index contributed by atoms with van der Waals surface area (Å²) in [6.45, 7) is 1.63. The molecule has 0 radical (unpaired) electrons. The van der Waals surface area contributed by atoms with Crippen molar-refractivity contribution < 1.29 is 18.3 Å². The molecule has 2 aromatic heterocycles. The zero-order valence-electron chi connectivity index (χ0n) is 15.8. The van der Waals surface area contributed by atoms with Gasteiger partial charge in [-0.25, -0.2) is 4.98 Å². The molecule has 1 aliphatic carbocycles. The lowest BCUT2D eigenvalue weighted by Gasteiger charge is -2.33. The molecule has 7 nitrogen and oxygen atoms in total. The maximum absolute atomic E-state index is 13.1. The summed E-state index contributed by atoms with van der Waals surface area (Å²) in [6.07, 6.45) is 0.551. The van der Waals surface area contributed by atoms with Gasteiger partial charge in [0.05, 0.1) is 11.8 Å². The van der Waals surface area contributed by atoms with Gasteiger partial charge in [0.1, 0.15) is 23.1 Å². The first-order chi connectivity index (χ1) is 13.7. The standard InChI is InChI=1S/C19H21F3N6O/c1-18(29)6-4-14(5-7-18)27-16-13(9-23)11-26-17(28-16)25-10-12-3-2-8-24-15(12)19(20,21)22/h2-3,8,11,14,29H,4-7,10H2,1H3,(H2,25,26,27,28). The Kier molecular flexibility index (Phi) is 5.88. The number of halogens is 3. The molecule has 2 heterocycles. The van der Waals surface area contributed by atoms with E-state index in [0.717, 1.165) is 19.0 Å². The number of nitrogens with one attached hydrogen (secondary N) is 2. The first-order valence-electron chi connectivity index (χ1n) is 9.19. The smallest absolute Gasteiger partial charge is 0.390 e. The number of rotatable bonds is 5. The number of pyridine rings is 1. The second-order valence-electron chi connectivity index (χ2n) is 7.35. The average Bonchev–Trinajstić information content (AvgIpc) is 2.68. The fourth-order valence-electron chi connectivity index (χ4n) is 3.25. The predicted octanol–water partition coefficient (Wildman–Crippen LogP) is 3.48. The van der Waals surface area contributed by atoms with Crippen LogP contribution in [0, 0.1) is 11.3 Å². The van der Waals surface area contributed by atoms with Crippen LogP contribution < -0.4 is 10.6 Å². The number of nitrogens with zero attached hydrogens (tertiary/aromatic N) is 4. The van der Waals surface area contributed by atoms with E-state index in [1.165, 1.54) is 18.3 Å². The van der Waals surface area contributed by atoms with Crippen molar-refractivity contribution in [3.05, 3.63) is 41.3 Å². The number of aromatic nitrogens is 3. The molecule has 10 heteroatoms. The van der Waals surface area contributed by atoms with Crippen LogP contribution in [-0.2, 0) is 12.7 Å². The number of hydrogen-bond donors (Lipinski definition) is 3. The van der Waals surface area contributed by atoms with Gasteiger partial charge in [0.25, 0.3) is 0 Å². The van der Waals surface area contributed by atoms with Crippen LogP contribution in [0.2, 0.25) is 0 Å². The molecule has 0 unspecified atom stereocenters. The Labute approximate surface area is 166 Å². The normalized spacial score (nSPS) is 22.0. The lowest BCUT2D eigenvalue weighted by molar-refractivity contribution is -0.141. The molecule has 0 spiro atoms. The highest BCUT2D eigenvalue weighted by Crippen LogP contribution is 2.31. The zero-order chi connectivity index (χ0) is 21.1. The second kappa shape index (κ2) is 8.21. The summed E-state index contributed by atoms with van der Waals surface area (Å²) in [7, 11) is 0. The van der Waals surface area contributed by atoms with Crippen LogP contribution in [0.3, 0.4) is 0 Å². The highest BCUT2D eigenvalue weighted by molar-refractivity contribution is 5.54. The first kappa shape index (κ1) is 20.8. The summed E-state index contributed by atoms with van der Waals surface area (Å²) in [4.78, 5) is 11.7. The molecule has 0 bridgehead atoms. The molecule has 0 amide bonds. The van der Waals surface area contributed by atoms with Crippen LogP contribution in [0.5, 0.6) is 0 Å². The molecule has 2 aromatic rings. The minimum Gasteiger partial charge on any atom is -0.390 e. The Bertz CT molecular complexity index is 900. The fourth-order valence-corrected chi connectivity index (χ4v) is 3.25. The minimum atomic E-state index is -4.56. The van der Waals surface area contributed by atoms with Gasteiger partial charge < -0.3 is 15.7 Å². The Balaban J connectivity index is 1.72. The molecule has 0 aromatic carbocycles. The Hall–Kier alpha value is -2.93. The number of hydrogen-bond acceptors (Lipinski definition) is 7. The van der Waals surface area contributed by atoms with Gasteiger partial charge >= 0.3 is 6.18 Å². The Morgan fingerprint density at radius 2 is 2.03 bits per heavy atom. The van der Waals surface area contributed by atoms with Crippen LogP contribution in [0.1, 0.15) is 49.4 Å². The summed E-state index contributed by atoms with van der Waals surface area (Å²) in [6, 6.07) is 4.81. The third-order valence-corrected chi connectivity index (χ3v) is 4.91. The zero-order valence-corrected chi connectivity index (χ0v) is 15.8. The van der Waals surface area contributed by atoms with Gasteiger partial charge in [-0.05, 0) is 38.7 Å². The van der Waals surface area contributed by atoms with E-state index >= 15 is 0 Å². The maximum Gasteiger partial charge on any atom is 0.433 e. The van der Waals surface area contributed by atoms with Crippen LogP contribution >= 0.6 is 0 Å². The lowest BCUT2D eigenvalue weighted by atomic mass is 9.83. The highest BCUT2D eigenvalue weighted by Gasteiger charge is 2.35. The molecule has 154 valence electrons. The third kappa shape index (κ3) is 5.32. The maximum atomic E-state index is 13.1. The van der Waals surface area contributed by atoms with Gasteiger partial charge in [0.2, 0.25) is 5.95 Å². The monoisotopic (exact) mass is 406 g/mol. The SMILES string of the molecule is CC1(O)CCC(Nc2nc(NCc3cccnc3C(F)(F)F)ncc2C#N)CC1. The van der Waals surface area contributed by atoms with Crippen LogP contribution in [0.4, 0.5) is 24.9 Å². The summed E-state index contributed by atoms with van der Waals surface area (Å²) >= 11 is 0. The molecule has 1 aliphatic rings. The molecule has 3 N–H and O–H groups in total. The topological polar surface area (TPSA) is 107 Å². The summed E-state index contributed by atoms with van der Waals surface area (Å²) < 4.78 is 39.2. The van der Waals surface area contributed by atoms with Gasteiger partial charge in [0.15, 0.2) is 0 Å². The largest absolute Gasteiger partial charge is 0.433 e. The fraction of sp³-hybridized carbons (Fsp3) is 0.474. The van der Waals surface area contributed by atoms with Crippen molar-refractivity contribution in [3.8, 4) is 6.07 Å². The van der Waals surface area contributed by atoms with Crippen LogP contribution in [0.15, 0.2) is 24.5 Å². The van der Waals surface area contributed by atoms with Gasteiger partial charge in [-0.2, -0.15) is 23.4 Å². The minimum absolute atomic E-state index is 0.0306. The molecule has 3 rings (SSSR count). The molecule has 29 heavy (non-hydrogen) atoms. The predicted molar refractivity (Wildman–Crippen MR) is 99.8 cm³/mol. The summed E-state index contributed by atoms with van der Waals surface area (Å²) in [5.41, 5.74) is -1.44. The number of alkyl halides is 3. The van der Waals surface area contributed by atoms with Gasteiger partial charge in [-0.15, -0.1) is 0 Å². The molecular formula is C19H21F3N6O. The molecule has 0 saturated heterocycles. The number of aliphatic hydroxyl groups is 1. The number of nitriles is 1. The first-order valence-corrected chi connectivity index (χ1v) is 9.19. The van der Waals surface area contributed by atoms with E-state index in [1.807, 2.05) is 6.07 Å². The summed E-state index contributed by atoms with van der Waals surface area (Å²) in [5, 5.41) is 25.3. The van der Waals surface area contributed by atoms with Crippen LogP contribution in [0.25, 0.3) is 0 Å². The second-order valence-corrected chi connectivity index (χ2v) is 7.35. The molecule has 1 fully saturated rings. The molecule has 0 aliphatic heterocycles. The Morgan fingerprint density at radius 3 is 2.69 bits per heavy atom. The summed E-state index contributed by atoms with van der Waals surface area (Å²) in [5.74, 6) is 0.421. The quantitative estimate of drug-likeness (QED) is 0.698. The lowest BCUT2D eigenvalue weighted by Crippen LogP contribution is -2.36. The van der Waals surface area contributed by atoms with Gasteiger partial charge in [0, 0.05) is 24.3 Å². The van der Waals surface area contributed by atoms with Gasteiger partial charge in [-0.3, -0.25) is 4.98 Å². The van der Waals surface area contributed by atoms with E-state index in [1.54, 1.807) is 6.92 Å². The van der Waals surface area contributed by atoms with Crippen molar-refractivity contribution in [2.75, 3.05) is 10.6 Å². The van der Waals surface area contributed by atoms with E-state index in [4.69, 9.17) is 0 Å². The van der Waals surface area contributed by atoms with Crippen LogP contribution in [-0.4, -0.2) is 31.7 Å². The van der Waals surface area contributed by atoms with Gasteiger partial charge in [-0.1, -0.05) is 6.07 Å². The molecule has 1 saturated carbocycles. The van der Waals surface area contributed by atoms with Crippen molar-refractivity contribution in [2.24, 2.45) is 0 Å². The average molecular weight is 406 g/mol. The van der Waals surface area contributed by atoms with Crippen molar-refractivity contribution in [3.63, 3.8) is 0 Å². The third-order valence-electron chi connectivity index (χ3n) is 4.91. The van der Waals surface area contributed by atoms with E-state index in [2.05, 4.69) is 25.6 Å². The van der Waals surface area contributed by atoms with E-state index < -0.39 is 17.5 Å².